The van der Waals surface area contributed by atoms with E-state index < -0.39 is 0 Å². The number of nitriles is 1. The Morgan fingerprint density at radius 1 is 1.25 bits per heavy atom. The summed E-state index contributed by atoms with van der Waals surface area (Å²) in [5, 5.41) is 11.9. The van der Waals surface area contributed by atoms with Crippen molar-refractivity contribution in [2.45, 2.75) is 12.8 Å². The van der Waals surface area contributed by atoms with Gasteiger partial charge in [0.2, 0.25) is 5.95 Å². The van der Waals surface area contributed by atoms with Crippen LogP contribution in [0.3, 0.4) is 0 Å². The molecule has 2 aromatic rings. The highest BCUT2D eigenvalue weighted by Gasteiger charge is 2.10. The zero-order valence-corrected chi connectivity index (χ0v) is 13.4. The molecule has 1 aliphatic heterocycles. The van der Waals surface area contributed by atoms with Gasteiger partial charge in [-0.05, 0) is 50.2 Å². The van der Waals surface area contributed by atoms with Gasteiger partial charge in [-0.3, -0.25) is 4.90 Å². The van der Waals surface area contributed by atoms with Crippen molar-refractivity contribution >= 4 is 17.5 Å². The molecule has 0 radical (unpaired) electrons. The molecule has 7 heteroatoms. The lowest BCUT2D eigenvalue weighted by Gasteiger charge is -2.15. The van der Waals surface area contributed by atoms with Crippen LogP contribution >= 0.6 is 0 Å². The summed E-state index contributed by atoms with van der Waals surface area (Å²) < 4.78 is 5.77. The highest BCUT2D eigenvalue weighted by Crippen LogP contribution is 2.19. The van der Waals surface area contributed by atoms with E-state index in [4.69, 9.17) is 15.7 Å². The zero-order chi connectivity index (χ0) is 16.8. The third kappa shape index (κ3) is 4.12. The fourth-order valence-corrected chi connectivity index (χ4v) is 2.60. The molecule has 2 heterocycles. The molecule has 7 nitrogen and oxygen atoms in total. The van der Waals surface area contributed by atoms with E-state index in [9.17, 15) is 0 Å². The van der Waals surface area contributed by atoms with Crippen LogP contribution < -0.4 is 15.8 Å². The van der Waals surface area contributed by atoms with Gasteiger partial charge < -0.3 is 15.8 Å². The number of hydrogen-bond donors (Lipinski definition) is 2. The molecule has 1 fully saturated rings. The number of rotatable bonds is 6. The molecule has 1 aliphatic rings. The Balaban J connectivity index is 1.52. The summed E-state index contributed by atoms with van der Waals surface area (Å²) in [4.78, 5) is 10.5. The first-order valence-electron chi connectivity index (χ1n) is 7.99. The van der Waals surface area contributed by atoms with Crippen molar-refractivity contribution < 1.29 is 4.74 Å². The average molecular weight is 324 g/mol. The first-order chi connectivity index (χ1) is 11.7. The summed E-state index contributed by atoms with van der Waals surface area (Å²) in [5.41, 5.74) is 6.77. The topological polar surface area (TPSA) is 100 Å². The Labute approximate surface area is 141 Å². The van der Waals surface area contributed by atoms with Gasteiger partial charge in [-0.2, -0.15) is 10.2 Å². The smallest absolute Gasteiger partial charge is 0.229 e. The van der Waals surface area contributed by atoms with Gasteiger partial charge in [0.15, 0.2) is 0 Å². The predicted octanol–water partition coefficient (Wildman–Crippen LogP) is 2.15. The molecule has 24 heavy (non-hydrogen) atoms. The Kier molecular flexibility index (Phi) is 5.08. The molecule has 0 atom stereocenters. The number of nitrogen functional groups attached to an aromatic ring is 1. The molecule has 0 saturated carbocycles. The lowest BCUT2D eigenvalue weighted by Crippen LogP contribution is -2.25. The van der Waals surface area contributed by atoms with Crippen molar-refractivity contribution in [1.29, 1.82) is 5.26 Å². The third-order valence-electron chi connectivity index (χ3n) is 3.92. The van der Waals surface area contributed by atoms with E-state index in [1.54, 1.807) is 0 Å². The maximum atomic E-state index is 8.82. The molecule has 0 aliphatic carbocycles. The first kappa shape index (κ1) is 16.0. The van der Waals surface area contributed by atoms with E-state index >= 15 is 0 Å². The van der Waals surface area contributed by atoms with Crippen molar-refractivity contribution in [2.75, 3.05) is 37.3 Å². The standard InChI is InChI=1S/C17H20N6O/c18-11-13-12-20-17(22-16(13)19)21-14-3-5-15(6-4-14)24-10-9-23-7-1-2-8-23/h3-6,12H,1-2,7-10H2,(H3,19,20,21,22). The number of nitrogens with zero attached hydrogens (tertiary/aromatic N) is 4. The van der Waals surface area contributed by atoms with Gasteiger partial charge in [0.25, 0.3) is 0 Å². The fraction of sp³-hybridized carbons (Fsp3) is 0.353. The predicted molar refractivity (Wildman–Crippen MR) is 92.1 cm³/mol. The molecular formula is C17H20N6O. The highest BCUT2D eigenvalue weighted by atomic mass is 16.5. The summed E-state index contributed by atoms with van der Waals surface area (Å²) in [7, 11) is 0. The minimum absolute atomic E-state index is 0.164. The maximum Gasteiger partial charge on any atom is 0.229 e. The second-order valence-corrected chi connectivity index (χ2v) is 5.65. The van der Waals surface area contributed by atoms with E-state index in [-0.39, 0.29) is 11.4 Å². The molecule has 124 valence electrons. The Bertz CT molecular complexity index is 719. The van der Waals surface area contributed by atoms with E-state index in [1.807, 2.05) is 30.3 Å². The molecule has 0 unspecified atom stereocenters. The normalized spacial score (nSPS) is 14.3. The molecular weight excluding hydrogens is 304 g/mol. The van der Waals surface area contributed by atoms with Gasteiger partial charge in [0.05, 0.1) is 6.20 Å². The second kappa shape index (κ2) is 7.62. The van der Waals surface area contributed by atoms with Gasteiger partial charge >= 0.3 is 0 Å². The summed E-state index contributed by atoms with van der Waals surface area (Å²) in [6.45, 7) is 4.03. The minimum Gasteiger partial charge on any atom is -0.492 e. The largest absolute Gasteiger partial charge is 0.492 e. The van der Waals surface area contributed by atoms with E-state index in [0.29, 0.717) is 12.6 Å². The molecule has 1 saturated heterocycles. The van der Waals surface area contributed by atoms with Crippen LogP contribution in [0.2, 0.25) is 0 Å². The van der Waals surface area contributed by atoms with E-state index in [1.165, 1.54) is 32.1 Å². The van der Waals surface area contributed by atoms with Crippen LogP contribution in [0, 0.1) is 11.3 Å². The zero-order valence-electron chi connectivity index (χ0n) is 13.4. The molecule has 1 aromatic heterocycles. The number of anilines is 3. The lowest BCUT2D eigenvalue weighted by atomic mass is 10.3. The van der Waals surface area contributed by atoms with Crippen LogP contribution in [0.1, 0.15) is 18.4 Å². The van der Waals surface area contributed by atoms with Crippen molar-refractivity contribution in [3.8, 4) is 11.8 Å². The number of likely N-dealkylation sites (tertiary alicyclic amines) is 1. The molecule has 3 N–H and O–H groups in total. The van der Waals surface area contributed by atoms with Crippen molar-refractivity contribution in [3.05, 3.63) is 36.0 Å². The Morgan fingerprint density at radius 3 is 2.67 bits per heavy atom. The van der Waals surface area contributed by atoms with Gasteiger partial charge in [-0.1, -0.05) is 0 Å². The number of hydrogen-bond acceptors (Lipinski definition) is 7. The monoisotopic (exact) mass is 324 g/mol. The maximum absolute atomic E-state index is 8.82. The van der Waals surface area contributed by atoms with Gasteiger partial charge in [-0.15, -0.1) is 0 Å². The van der Waals surface area contributed by atoms with Crippen molar-refractivity contribution in [3.63, 3.8) is 0 Å². The SMILES string of the molecule is N#Cc1cnc(Nc2ccc(OCCN3CCCC3)cc2)nc1N. The van der Waals surface area contributed by atoms with Crippen LogP contribution in [0.15, 0.2) is 30.5 Å². The molecule has 0 spiro atoms. The summed E-state index contributed by atoms with van der Waals surface area (Å²) in [6.07, 6.45) is 3.99. The number of nitrogens with two attached hydrogens (primary N) is 1. The van der Waals surface area contributed by atoms with Crippen molar-refractivity contribution in [2.24, 2.45) is 0 Å². The van der Waals surface area contributed by atoms with E-state index in [0.717, 1.165) is 18.0 Å². The quantitative estimate of drug-likeness (QED) is 0.839. The van der Waals surface area contributed by atoms with Gasteiger partial charge in [0.1, 0.15) is 29.8 Å². The fourth-order valence-electron chi connectivity index (χ4n) is 2.60. The third-order valence-corrected chi connectivity index (χ3v) is 3.92. The first-order valence-corrected chi connectivity index (χ1v) is 7.99. The van der Waals surface area contributed by atoms with E-state index in [2.05, 4.69) is 20.2 Å². The number of ether oxygens (including phenoxy) is 1. The molecule has 3 rings (SSSR count). The molecule has 1 aromatic carbocycles. The van der Waals surface area contributed by atoms with Crippen molar-refractivity contribution in [1.82, 2.24) is 14.9 Å². The van der Waals surface area contributed by atoms with Crippen LogP contribution in [0.5, 0.6) is 5.75 Å². The number of aromatic nitrogens is 2. The summed E-state index contributed by atoms with van der Waals surface area (Å²) >= 11 is 0. The average Bonchev–Trinajstić information content (AvgIpc) is 3.10. The number of benzene rings is 1. The summed E-state index contributed by atoms with van der Waals surface area (Å²) in [6, 6.07) is 9.52. The van der Waals surface area contributed by atoms with Gasteiger partial charge in [0, 0.05) is 12.2 Å². The lowest BCUT2D eigenvalue weighted by molar-refractivity contribution is 0.238. The Hall–Kier alpha value is -2.85. The van der Waals surface area contributed by atoms with Crippen LogP contribution in [0.25, 0.3) is 0 Å². The Morgan fingerprint density at radius 2 is 2.00 bits per heavy atom. The number of nitrogens with one attached hydrogen (secondary N) is 1. The highest BCUT2D eigenvalue weighted by molar-refractivity contribution is 5.57. The minimum atomic E-state index is 0.164. The van der Waals surface area contributed by atoms with Crippen LogP contribution in [-0.2, 0) is 0 Å². The van der Waals surface area contributed by atoms with Crippen LogP contribution in [-0.4, -0.2) is 41.1 Å². The summed E-state index contributed by atoms with van der Waals surface area (Å²) in [5.74, 6) is 1.35. The van der Waals surface area contributed by atoms with Gasteiger partial charge in [-0.25, -0.2) is 4.98 Å². The molecule has 0 bridgehead atoms. The second-order valence-electron chi connectivity index (χ2n) is 5.65. The van der Waals surface area contributed by atoms with Crippen LogP contribution in [0.4, 0.5) is 17.5 Å². The molecule has 0 amide bonds.